The van der Waals surface area contributed by atoms with E-state index in [1.165, 1.54) is 6.20 Å². The van der Waals surface area contributed by atoms with Crippen LogP contribution in [0.15, 0.2) is 30.5 Å². The molecule has 0 saturated carbocycles. The third-order valence-corrected chi connectivity index (χ3v) is 1.62. The molecule has 0 saturated heterocycles. The lowest BCUT2D eigenvalue weighted by Gasteiger charge is -2.01. The van der Waals surface area contributed by atoms with Crippen LogP contribution < -0.4 is 17.0 Å². The molecule has 5 N–H and O–H groups in total. The van der Waals surface area contributed by atoms with Crippen molar-refractivity contribution in [2.24, 2.45) is 11.6 Å². The van der Waals surface area contributed by atoms with Crippen LogP contribution in [0, 0.1) is 12.3 Å². The molecule has 0 heterocycles. The van der Waals surface area contributed by atoms with Gasteiger partial charge in [-0.3, -0.25) is 5.84 Å². The monoisotopic (exact) mass is 173 g/mol. The molecular weight excluding hydrogens is 162 g/mol. The normalized spacial score (nSPS) is 10.6. The molecule has 0 aliphatic carbocycles. The molecule has 66 valence electrons. The summed E-state index contributed by atoms with van der Waals surface area (Å²) < 4.78 is 0. The highest BCUT2D eigenvalue weighted by Crippen LogP contribution is 2.08. The quantitative estimate of drug-likeness (QED) is 0.344. The van der Waals surface area contributed by atoms with E-state index in [-0.39, 0.29) is 0 Å². The second-order valence-corrected chi connectivity index (χ2v) is 2.49. The minimum Gasteiger partial charge on any atom is -0.397 e. The van der Waals surface area contributed by atoms with Crippen molar-refractivity contribution in [3.63, 3.8) is 0 Å². The van der Waals surface area contributed by atoms with Gasteiger partial charge in [0.15, 0.2) is 0 Å². The van der Waals surface area contributed by atoms with E-state index >= 15 is 0 Å². The molecule has 1 rings (SSSR count). The highest BCUT2D eigenvalue weighted by atomic mass is 15.2. The maximum absolute atomic E-state index is 5.66. The smallest absolute Gasteiger partial charge is 0.0561 e. The van der Waals surface area contributed by atoms with E-state index in [1.807, 2.05) is 24.3 Å². The van der Waals surface area contributed by atoms with Gasteiger partial charge in [0.1, 0.15) is 0 Å². The van der Waals surface area contributed by atoms with Gasteiger partial charge in [0, 0.05) is 11.8 Å². The summed E-state index contributed by atoms with van der Waals surface area (Å²) in [5, 5.41) is 0. The lowest BCUT2D eigenvalue weighted by Crippen LogP contribution is -2.16. The first-order chi connectivity index (χ1) is 6.27. The Morgan fingerprint density at radius 1 is 1.38 bits per heavy atom. The van der Waals surface area contributed by atoms with Crippen molar-refractivity contribution in [3.8, 4) is 12.3 Å². The summed E-state index contributed by atoms with van der Waals surface area (Å²) >= 11 is 0. The first-order valence-corrected chi connectivity index (χ1v) is 3.76. The topological polar surface area (TPSA) is 64.1 Å². The zero-order valence-electron chi connectivity index (χ0n) is 7.12. The predicted molar refractivity (Wildman–Crippen MR) is 53.9 cm³/mol. The summed E-state index contributed by atoms with van der Waals surface area (Å²) in [5.41, 5.74) is 10.3. The molecule has 0 aromatic heterocycles. The van der Waals surface area contributed by atoms with Gasteiger partial charge < -0.3 is 11.2 Å². The Morgan fingerprint density at radius 2 is 2.00 bits per heavy atom. The molecule has 0 fully saturated rings. The minimum absolute atomic E-state index is 0.575. The number of benzene rings is 1. The van der Waals surface area contributed by atoms with Crippen molar-refractivity contribution in [1.82, 2.24) is 5.43 Å². The highest BCUT2D eigenvalue weighted by molar-refractivity contribution is 5.62. The molecule has 0 radical (unpaired) electrons. The third-order valence-electron chi connectivity index (χ3n) is 1.62. The summed E-state index contributed by atoms with van der Waals surface area (Å²) in [5.74, 6) is 7.61. The van der Waals surface area contributed by atoms with Crippen LogP contribution in [0.2, 0.25) is 0 Å². The van der Waals surface area contributed by atoms with E-state index in [4.69, 9.17) is 18.0 Å². The van der Waals surface area contributed by atoms with Gasteiger partial charge >= 0.3 is 0 Å². The number of terminal acetylenes is 1. The van der Waals surface area contributed by atoms with Gasteiger partial charge in [0.05, 0.1) is 5.70 Å². The molecule has 3 heteroatoms. The van der Waals surface area contributed by atoms with E-state index in [2.05, 4.69) is 11.3 Å². The molecule has 1 aromatic carbocycles. The van der Waals surface area contributed by atoms with E-state index in [9.17, 15) is 0 Å². The van der Waals surface area contributed by atoms with Crippen molar-refractivity contribution < 1.29 is 0 Å². The number of rotatable bonds is 2. The van der Waals surface area contributed by atoms with Crippen LogP contribution in [-0.2, 0) is 0 Å². The Morgan fingerprint density at radius 3 is 2.46 bits per heavy atom. The molecule has 3 nitrogen and oxygen atoms in total. The van der Waals surface area contributed by atoms with Crippen LogP contribution in [0.4, 0.5) is 0 Å². The molecule has 0 aliphatic rings. The van der Waals surface area contributed by atoms with E-state index in [0.29, 0.717) is 5.70 Å². The Labute approximate surface area is 77.4 Å². The molecule has 0 atom stereocenters. The van der Waals surface area contributed by atoms with Crippen molar-refractivity contribution in [2.45, 2.75) is 0 Å². The van der Waals surface area contributed by atoms with Gasteiger partial charge in [-0.1, -0.05) is 18.1 Å². The molecular formula is C10H11N3. The SMILES string of the molecule is C#Cc1ccc(/C(N)=C/NN)cc1. The van der Waals surface area contributed by atoms with Gasteiger partial charge in [-0.25, -0.2) is 0 Å². The van der Waals surface area contributed by atoms with Crippen LogP contribution in [0.1, 0.15) is 11.1 Å². The summed E-state index contributed by atoms with van der Waals surface area (Å²) in [4.78, 5) is 0. The second-order valence-electron chi connectivity index (χ2n) is 2.49. The Bertz CT molecular complexity index is 343. The standard InChI is InChI=1S/C10H11N3/c1-2-8-3-5-9(6-4-8)10(11)7-13-12/h1,3-7,13H,11-12H2/b10-7-. The number of nitrogens with one attached hydrogen (secondary N) is 1. The molecule has 0 spiro atoms. The van der Waals surface area contributed by atoms with Gasteiger partial charge in [-0.05, 0) is 17.7 Å². The molecule has 0 bridgehead atoms. The Hall–Kier alpha value is -1.92. The fourth-order valence-corrected chi connectivity index (χ4v) is 0.932. The summed E-state index contributed by atoms with van der Waals surface area (Å²) in [7, 11) is 0. The van der Waals surface area contributed by atoms with Crippen LogP contribution in [-0.4, -0.2) is 0 Å². The maximum Gasteiger partial charge on any atom is 0.0561 e. The molecule has 0 unspecified atom stereocenters. The molecule has 0 amide bonds. The fraction of sp³-hybridized carbons (Fsp3) is 0. The predicted octanol–water partition coefficient (Wildman–Crippen LogP) is 0.388. The van der Waals surface area contributed by atoms with Crippen LogP contribution in [0.3, 0.4) is 0 Å². The zero-order valence-corrected chi connectivity index (χ0v) is 7.12. The molecule has 0 aliphatic heterocycles. The summed E-state index contributed by atoms with van der Waals surface area (Å²) in [6, 6.07) is 7.34. The number of nitrogens with two attached hydrogens (primary N) is 2. The van der Waals surface area contributed by atoms with Crippen LogP contribution in [0.25, 0.3) is 5.70 Å². The van der Waals surface area contributed by atoms with E-state index in [0.717, 1.165) is 11.1 Å². The van der Waals surface area contributed by atoms with Crippen LogP contribution >= 0.6 is 0 Å². The van der Waals surface area contributed by atoms with Gasteiger partial charge in [0.25, 0.3) is 0 Å². The number of hydrazine groups is 1. The largest absolute Gasteiger partial charge is 0.397 e. The summed E-state index contributed by atoms with van der Waals surface area (Å²) in [6.45, 7) is 0. The van der Waals surface area contributed by atoms with Crippen molar-refractivity contribution in [1.29, 1.82) is 0 Å². The third kappa shape index (κ3) is 2.26. The molecule has 1 aromatic rings. The summed E-state index contributed by atoms with van der Waals surface area (Å²) in [6.07, 6.45) is 6.73. The fourth-order valence-electron chi connectivity index (χ4n) is 0.932. The number of hydrogen-bond donors (Lipinski definition) is 3. The van der Waals surface area contributed by atoms with Crippen molar-refractivity contribution >= 4 is 5.70 Å². The lowest BCUT2D eigenvalue weighted by molar-refractivity contribution is 0.967. The van der Waals surface area contributed by atoms with Crippen molar-refractivity contribution in [2.75, 3.05) is 0 Å². The average molecular weight is 173 g/mol. The molecule has 13 heavy (non-hydrogen) atoms. The Balaban J connectivity index is 2.94. The Kier molecular flexibility index (Phi) is 2.96. The van der Waals surface area contributed by atoms with E-state index in [1.54, 1.807) is 0 Å². The lowest BCUT2D eigenvalue weighted by atomic mass is 10.1. The zero-order chi connectivity index (χ0) is 9.68. The first-order valence-electron chi connectivity index (χ1n) is 3.76. The minimum atomic E-state index is 0.575. The first kappa shape index (κ1) is 9.17. The van der Waals surface area contributed by atoms with Gasteiger partial charge in [-0.15, -0.1) is 6.42 Å². The second kappa shape index (κ2) is 4.19. The van der Waals surface area contributed by atoms with Crippen LogP contribution in [0.5, 0.6) is 0 Å². The van der Waals surface area contributed by atoms with E-state index < -0.39 is 0 Å². The highest BCUT2D eigenvalue weighted by Gasteiger charge is 1.94. The van der Waals surface area contributed by atoms with Gasteiger partial charge in [0.2, 0.25) is 0 Å². The average Bonchev–Trinajstić information content (AvgIpc) is 2.18. The number of hydrogen-bond acceptors (Lipinski definition) is 3. The maximum atomic E-state index is 5.66. The van der Waals surface area contributed by atoms with Crippen molar-refractivity contribution in [3.05, 3.63) is 41.6 Å². The van der Waals surface area contributed by atoms with Gasteiger partial charge in [-0.2, -0.15) is 0 Å².